The van der Waals surface area contributed by atoms with Crippen molar-refractivity contribution < 1.29 is 17.9 Å². The molecule has 7 heteroatoms. The van der Waals surface area contributed by atoms with Gasteiger partial charge in [0.15, 0.2) is 0 Å². The van der Waals surface area contributed by atoms with Crippen LogP contribution in [-0.2, 0) is 0 Å². The topological polar surface area (TPSA) is 48.1 Å². The lowest BCUT2D eigenvalue weighted by Gasteiger charge is -2.09. The molecule has 0 aliphatic rings. The van der Waals surface area contributed by atoms with E-state index in [1.54, 1.807) is 0 Å². The highest BCUT2D eigenvalue weighted by Gasteiger charge is 2.27. The molecule has 84 valence electrons. The van der Waals surface area contributed by atoms with Crippen LogP contribution >= 0.6 is 11.6 Å². The standard InChI is InChI=1S/C8H8ClF3N2O/c9-6-2-1-5(13)7(14-6)15-4-3-8(10,11)12/h1-2H,3-4,13H2. The second-order valence-corrected chi connectivity index (χ2v) is 3.13. The number of hydrogen-bond donors (Lipinski definition) is 1. The second-order valence-electron chi connectivity index (χ2n) is 2.74. The summed E-state index contributed by atoms with van der Waals surface area (Å²) in [6.45, 7) is -0.527. The lowest BCUT2D eigenvalue weighted by Crippen LogP contribution is -2.14. The average Bonchev–Trinajstić information content (AvgIpc) is 2.09. The molecular formula is C8H8ClF3N2O. The molecule has 3 nitrogen and oxygen atoms in total. The summed E-state index contributed by atoms with van der Waals surface area (Å²) >= 11 is 5.52. The third-order valence-corrected chi connectivity index (χ3v) is 1.69. The summed E-state index contributed by atoms with van der Waals surface area (Å²) in [5.74, 6) is -0.0771. The Bertz CT molecular complexity index is 343. The zero-order chi connectivity index (χ0) is 11.5. The molecule has 0 amide bonds. The lowest BCUT2D eigenvalue weighted by atomic mass is 10.4. The molecule has 0 saturated carbocycles. The van der Waals surface area contributed by atoms with E-state index < -0.39 is 19.2 Å². The molecule has 0 atom stereocenters. The molecule has 0 aromatic carbocycles. The third kappa shape index (κ3) is 4.24. The molecule has 15 heavy (non-hydrogen) atoms. The van der Waals surface area contributed by atoms with Crippen LogP contribution < -0.4 is 10.5 Å². The third-order valence-electron chi connectivity index (χ3n) is 1.48. The highest BCUT2D eigenvalue weighted by molar-refractivity contribution is 6.29. The van der Waals surface area contributed by atoms with Gasteiger partial charge in [0.1, 0.15) is 5.15 Å². The van der Waals surface area contributed by atoms with Crippen LogP contribution in [-0.4, -0.2) is 17.8 Å². The Morgan fingerprint density at radius 1 is 1.40 bits per heavy atom. The van der Waals surface area contributed by atoms with E-state index in [-0.39, 0.29) is 16.7 Å². The van der Waals surface area contributed by atoms with Crippen molar-refractivity contribution in [2.24, 2.45) is 0 Å². The monoisotopic (exact) mass is 240 g/mol. The van der Waals surface area contributed by atoms with Crippen LogP contribution in [0.15, 0.2) is 12.1 Å². The van der Waals surface area contributed by atoms with Gasteiger partial charge in [0.2, 0.25) is 5.88 Å². The van der Waals surface area contributed by atoms with Gasteiger partial charge in [-0.2, -0.15) is 18.2 Å². The fourth-order valence-corrected chi connectivity index (χ4v) is 0.947. The van der Waals surface area contributed by atoms with Gasteiger partial charge in [-0.15, -0.1) is 0 Å². The summed E-state index contributed by atoms with van der Waals surface area (Å²) in [5, 5.41) is 0.117. The molecule has 0 fully saturated rings. The number of rotatable bonds is 3. The first-order chi connectivity index (χ1) is 6.88. The number of halogens is 4. The molecule has 0 aliphatic carbocycles. The summed E-state index contributed by atoms with van der Waals surface area (Å²) in [5.41, 5.74) is 5.57. The number of alkyl halides is 3. The molecular weight excluding hydrogens is 233 g/mol. The smallest absolute Gasteiger partial charge is 0.392 e. The minimum atomic E-state index is -4.26. The number of nitrogens with two attached hydrogens (primary N) is 1. The first-order valence-corrected chi connectivity index (χ1v) is 4.38. The molecule has 0 radical (unpaired) electrons. The van der Waals surface area contributed by atoms with Crippen LogP contribution in [0.5, 0.6) is 5.88 Å². The predicted molar refractivity (Wildman–Crippen MR) is 49.8 cm³/mol. The fourth-order valence-electron chi connectivity index (χ4n) is 0.808. The number of aromatic nitrogens is 1. The Morgan fingerprint density at radius 3 is 2.67 bits per heavy atom. The highest BCUT2D eigenvalue weighted by atomic mass is 35.5. The van der Waals surface area contributed by atoms with Crippen LogP contribution in [0.2, 0.25) is 5.15 Å². The maximum Gasteiger partial charge on any atom is 0.392 e. The predicted octanol–water partition coefficient (Wildman–Crippen LogP) is 2.65. The van der Waals surface area contributed by atoms with E-state index in [1.807, 2.05) is 0 Å². The van der Waals surface area contributed by atoms with Crippen molar-refractivity contribution in [2.45, 2.75) is 12.6 Å². The summed E-state index contributed by atoms with van der Waals surface area (Å²) in [7, 11) is 0. The molecule has 1 rings (SSSR count). The van der Waals surface area contributed by atoms with Gasteiger partial charge in [0.25, 0.3) is 0 Å². The van der Waals surface area contributed by atoms with E-state index in [4.69, 9.17) is 22.1 Å². The van der Waals surface area contributed by atoms with Crippen molar-refractivity contribution in [1.29, 1.82) is 0 Å². The van der Waals surface area contributed by atoms with E-state index in [1.165, 1.54) is 12.1 Å². The van der Waals surface area contributed by atoms with E-state index in [0.717, 1.165) is 0 Å². The highest BCUT2D eigenvalue weighted by Crippen LogP contribution is 2.23. The largest absolute Gasteiger partial charge is 0.476 e. The van der Waals surface area contributed by atoms with Gasteiger partial charge >= 0.3 is 6.18 Å². The molecule has 0 aliphatic heterocycles. The summed E-state index contributed by atoms with van der Waals surface area (Å²) in [6, 6.07) is 2.84. The van der Waals surface area contributed by atoms with E-state index in [9.17, 15) is 13.2 Å². The Balaban J connectivity index is 2.54. The molecule has 0 spiro atoms. The van der Waals surface area contributed by atoms with Gasteiger partial charge in [-0.3, -0.25) is 0 Å². The van der Waals surface area contributed by atoms with Crippen LogP contribution in [0.1, 0.15) is 6.42 Å². The summed E-state index contributed by atoms with van der Waals surface area (Å²) < 4.78 is 40.1. The molecule has 0 bridgehead atoms. The van der Waals surface area contributed by atoms with Gasteiger partial charge in [-0.25, -0.2) is 0 Å². The SMILES string of the molecule is Nc1ccc(Cl)nc1OCCC(F)(F)F. The van der Waals surface area contributed by atoms with Gasteiger partial charge < -0.3 is 10.5 Å². The van der Waals surface area contributed by atoms with Crippen molar-refractivity contribution in [3.8, 4) is 5.88 Å². The Labute approximate surface area is 89.0 Å². The van der Waals surface area contributed by atoms with Crippen molar-refractivity contribution in [1.82, 2.24) is 4.98 Å². The molecule has 1 aromatic rings. The van der Waals surface area contributed by atoms with Crippen LogP contribution in [0, 0.1) is 0 Å². The van der Waals surface area contributed by atoms with E-state index in [0.29, 0.717) is 0 Å². The second kappa shape index (κ2) is 4.57. The number of nitrogen functional groups attached to an aromatic ring is 1. The zero-order valence-electron chi connectivity index (χ0n) is 7.51. The number of anilines is 1. The van der Waals surface area contributed by atoms with Crippen molar-refractivity contribution in [2.75, 3.05) is 12.3 Å². The Morgan fingerprint density at radius 2 is 2.07 bits per heavy atom. The number of hydrogen-bond acceptors (Lipinski definition) is 3. The summed E-state index contributed by atoms with van der Waals surface area (Å²) in [6.07, 6.45) is -5.31. The maximum absolute atomic E-state index is 11.8. The quantitative estimate of drug-likeness (QED) is 0.827. The average molecular weight is 241 g/mol. The van der Waals surface area contributed by atoms with E-state index >= 15 is 0 Å². The van der Waals surface area contributed by atoms with Crippen LogP contribution in [0.25, 0.3) is 0 Å². The minimum Gasteiger partial charge on any atom is -0.476 e. The van der Waals surface area contributed by atoms with Gasteiger partial charge in [-0.05, 0) is 12.1 Å². The van der Waals surface area contributed by atoms with Crippen molar-refractivity contribution in [3.05, 3.63) is 17.3 Å². The number of nitrogens with zero attached hydrogens (tertiary/aromatic N) is 1. The van der Waals surface area contributed by atoms with Gasteiger partial charge in [0, 0.05) is 0 Å². The molecule has 2 N–H and O–H groups in total. The Kier molecular flexibility index (Phi) is 3.62. The zero-order valence-corrected chi connectivity index (χ0v) is 8.27. The minimum absolute atomic E-state index is 0.0771. The van der Waals surface area contributed by atoms with Crippen LogP contribution in [0.3, 0.4) is 0 Å². The van der Waals surface area contributed by atoms with Gasteiger partial charge in [0.05, 0.1) is 18.7 Å². The maximum atomic E-state index is 11.8. The summed E-state index contributed by atoms with van der Waals surface area (Å²) in [4.78, 5) is 3.64. The molecule has 1 heterocycles. The molecule has 0 saturated heterocycles. The molecule has 0 unspecified atom stereocenters. The first-order valence-electron chi connectivity index (χ1n) is 4.00. The number of ether oxygens (including phenoxy) is 1. The fraction of sp³-hybridized carbons (Fsp3) is 0.375. The lowest BCUT2D eigenvalue weighted by molar-refractivity contribution is -0.139. The molecule has 1 aromatic heterocycles. The Hall–Kier alpha value is -1.17. The van der Waals surface area contributed by atoms with E-state index in [2.05, 4.69) is 4.98 Å². The first kappa shape index (κ1) is 11.9. The number of pyridine rings is 1. The van der Waals surface area contributed by atoms with Crippen molar-refractivity contribution in [3.63, 3.8) is 0 Å². The van der Waals surface area contributed by atoms with Crippen LogP contribution in [0.4, 0.5) is 18.9 Å². The van der Waals surface area contributed by atoms with Crippen molar-refractivity contribution >= 4 is 17.3 Å². The van der Waals surface area contributed by atoms with Gasteiger partial charge in [-0.1, -0.05) is 11.6 Å². The normalized spacial score (nSPS) is 11.5.